The van der Waals surface area contributed by atoms with Crippen molar-refractivity contribution in [3.8, 4) is 10.4 Å². The predicted molar refractivity (Wildman–Crippen MR) is 105 cm³/mol. The van der Waals surface area contributed by atoms with Crippen molar-refractivity contribution in [1.82, 2.24) is 4.90 Å². The van der Waals surface area contributed by atoms with Crippen LogP contribution in [0.4, 0.5) is 0 Å². The maximum absolute atomic E-state index is 5.48. The van der Waals surface area contributed by atoms with E-state index in [0.717, 1.165) is 36.6 Å². The average Bonchev–Trinajstić information content (AvgIpc) is 3.12. The molecule has 1 aromatic carbocycles. The molecular formula is C20H28N2OS. The van der Waals surface area contributed by atoms with Gasteiger partial charge in [0.25, 0.3) is 0 Å². The Morgan fingerprint density at radius 2 is 1.75 bits per heavy atom. The lowest BCUT2D eigenvalue weighted by atomic mass is 10.1. The van der Waals surface area contributed by atoms with Crippen molar-refractivity contribution in [2.45, 2.75) is 34.1 Å². The highest BCUT2D eigenvalue weighted by atomic mass is 32.1. The van der Waals surface area contributed by atoms with Crippen molar-refractivity contribution in [2.75, 3.05) is 26.2 Å². The van der Waals surface area contributed by atoms with E-state index in [9.17, 15) is 0 Å². The van der Waals surface area contributed by atoms with E-state index in [-0.39, 0.29) is 0 Å². The van der Waals surface area contributed by atoms with Gasteiger partial charge in [0.2, 0.25) is 0 Å². The minimum absolute atomic E-state index is 0.635. The Morgan fingerprint density at radius 3 is 2.38 bits per heavy atom. The average molecular weight is 345 g/mol. The molecule has 0 aliphatic carbocycles. The zero-order valence-corrected chi connectivity index (χ0v) is 16.0. The summed E-state index contributed by atoms with van der Waals surface area (Å²) in [6, 6.07) is 13.1. The zero-order valence-electron chi connectivity index (χ0n) is 15.2. The van der Waals surface area contributed by atoms with E-state index >= 15 is 0 Å². The van der Waals surface area contributed by atoms with E-state index in [1.165, 1.54) is 16.0 Å². The number of hydrogen-bond acceptors (Lipinski definition) is 4. The van der Waals surface area contributed by atoms with Crippen molar-refractivity contribution < 1.29 is 4.84 Å². The highest BCUT2D eigenvalue weighted by Crippen LogP contribution is 2.28. The summed E-state index contributed by atoms with van der Waals surface area (Å²) in [7, 11) is 0. The zero-order chi connectivity index (χ0) is 17.4. The maximum atomic E-state index is 5.48. The lowest BCUT2D eigenvalue weighted by Gasteiger charge is -2.16. The third-order valence-corrected chi connectivity index (χ3v) is 5.45. The summed E-state index contributed by atoms with van der Waals surface area (Å²) in [5, 5.41) is 4.27. The Kier molecular flexibility index (Phi) is 7.47. The van der Waals surface area contributed by atoms with Gasteiger partial charge in [0.15, 0.2) is 0 Å². The molecule has 0 unspecified atom stereocenters. The van der Waals surface area contributed by atoms with E-state index in [0.29, 0.717) is 6.61 Å². The number of hydrogen-bond donors (Lipinski definition) is 0. The van der Waals surface area contributed by atoms with E-state index in [2.05, 4.69) is 67.2 Å². The highest BCUT2D eigenvalue weighted by Gasteiger charge is 2.06. The van der Waals surface area contributed by atoms with E-state index < -0.39 is 0 Å². The monoisotopic (exact) mass is 344 g/mol. The summed E-state index contributed by atoms with van der Waals surface area (Å²) in [4.78, 5) is 10.2. The van der Waals surface area contributed by atoms with E-state index in [1.807, 2.05) is 6.92 Å². The molecule has 0 N–H and O–H groups in total. The summed E-state index contributed by atoms with van der Waals surface area (Å²) in [6.45, 7) is 12.2. The van der Waals surface area contributed by atoms with Gasteiger partial charge in [0, 0.05) is 11.4 Å². The van der Waals surface area contributed by atoms with Crippen LogP contribution in [0.2, 0.25) is 0 Å². The number of rotatable bonds is 9. The lowest BCUT2D eigenvalue weighted by Crippen LogP contribution is -2.26. The number of nitrogens with zero attached hydrogens (tertiary/aromatic N) is 2. The number of likely N-dealkylation sites (N-methyl/N-ethyl adjacent to an activating group) is 1. The van der Waals surface area contributed by atoms with Crippen LogP contribution in [0.3, 0.4) is 0 Å². The normalized spacial score (nSPS) is 12.0. The Bertz CT molecular complexity index is 642. The van der Waals surface area contributed by atoms with Gasteiger partial charge in [0.1, 0.15) is 6.61 Å². The first kappa shape index (κ1) is 18.7. The maximum Gasteiger partial charge on any atom is 0.129 e. The van der Waals surface area contributed by atoms with Gasteiger partial charge >= 0.3 is 0 Å². The van der Waals surface area contributed by atoms with Crippen molar-refractivity contribution in [3.05, 3.63) is 46.8 Å². The Hall–Kier alpha value is -1.65. The Labute approximate surface area is 150 Å². The van der Waals surface area contributed by atoms with Gasteiger partial charge in [0.05, 0.1) is 10.6 Å². The number of benzene rings is 1. The van der Waals surface area contributed by atoms with Gasteiger partial charge in [-0.2, -0.15) is 0 Å². The minimum Gasteiger partial charge on any atom is -0.394 e. The molecule has 0 saturated carbocycles. The number of oxime groups is 1. The van der Waals surface area contributed by atoms with Crippen LogP contribution in [-0.4, -0.2) is 36.9 Å². The summed E-state index contributed by atoms with van der Waals surface area (Å²) in [5.74, 6) is 0. The van der Waals surface area contributed by atoms with Crippen LogP contribution < -0.4 is 0 Å². The molecule has 1 heterocycles. The van der Waals surface area contributed by atoms with Crippen LogP contribution in [0.5, 0.6) is 0 Å². The second-order valence-corrected chi connectivity index (χ2v) is 6.83. The molecule has 0 fully saturated rings. The molecule has 0 amide bonds. The molecule has 24 heavy (non-hydrogen) atoms. The molecule has 2 aromatic rings. The first-order valence-electron chi connectivity index (χ1n) is 8.76. The molecule has 0 atom stereocenters. The molecule has 3 nitrogen and oxygen atoms in total. The second kappa shape index (κ2) is 9.60. The van der Waals surface area contributed by atoms with Crippen LogP contribution in [0.15, 0.2) is 41.6 Å². The molecule has 0 bridgehead atoms. The summed E-state index contributed by atoms with van der Waals surface area (Å²) < 4.78 is 0. The third-order valence-electron chi connectivity index (χ3n) is 4.20. The third kappa shape index (κ3) is 5.18. The fraction of sp³-hybridized carbons (Fsp3) is 0.450. The fourth-order valence-electron chi connectivity index (χ4n) is 2.49. The van der Waals surface area contributed by atoms with Crippen molar-refractivity contribution in [1.29, 1.82) is 0 Å². The van der Waals surface area contributed by atoms with Gasteiger partial charge in [-0.15, -0.1) is 11.3 Å². The van der Waals surface area contributed by atoms with Gasteiger partial charge in [-0.3, -0.25) is 0 Å². The minimum atomic E-state index is 0.635. The van der Waals surface area contributed by atoms with E-state index in [4.69, 9.17) is 4.84 Å². The van der Waals surface area contributed by atoms with Crippen molar-refractivity contribution >= 4 is 17.0 Å². The molecule has 2 rings (SSSR count). The summed E-state index contributed by atoms with van der Waals surface area (Å²) >= 11 is 1.76. The largest absolute Gasteiger partial charge is 0.394 e. The molecule has 0 saturated heterocycles. The molecule has 0 spiro atoms. The van der Waals surface area contributed by atoms with Crippen LogP contribution in [0, 0.1) is 0 Å². The fourth-order valence-corrected chi connectivity index (χ4v) is 3.44. The van der Waals surface area contributed by atoms with Crippen LogP contribution >= 0.6 is 11.3 Å². The molecule has 4 heteroatoms. The second-order valence-electron chi connectivity index (χ2n) is 5.75. The topological polar surface area (TPSA) is 24.8 Å². The Balaban J connectivity index is 1.94. The standard InChI is InChI=1S/C20H28N2OS/c1-5-17-8-10-18(11-9-17)20-13-12-19(24-20)16(4)21-23-15-14-22(6-2)7-3/h8-13H,5-7,14-15H2,1-4H3/b21-16+. The van der Waals surface area contributed by atoms with Crippen LogP contribution in [-0.2, 0) is 11.3 Å². The Morgan fingerprint density at radius 1 is 1.04 bits per heavy atom. The van der Waals surface area contributed by atoms with Crippen LogP contribution in [0.25, 0.3) is 10.4 Å². The molecule has 130 valence electrons. The lowest BCUT2D eigenvalue weighted by molar-refractivity contribution is 0.114. The number of aryl methyl sites for hydroxylation is 1. The number of thiophene rings is 1. The smallest absolute Gasteiger partial charge is 0.129 e. The molecular weight excluding hydrogens is 316 g/mol. The summed E-state index contributed by atoms with van der Waals surface area (Å²) in [6.07, 6.45) is 1.08. The first-order chi connectivity index (χ1) is 11.7. The SMILES string of the molecule is CCc1ccc(-c2ccc(/C(C)=N/OCCN(CC)CC)s2)cc1. The first-order valence-corrected chi connectivity index (χ1v) is 9.58. The predicted octanol–water partition coefficient (Wildman–Crippen LogP) is 5.06. The van der Waals surface area contributed by atoms with Crippen LogP contribution in [0.1, 0.15) is 38.1 Å². The molecule has 0 aliphatic heterocycles. The van der Waals surface area contributed by atoms with Gasteiger partial charge < -0.3 is 9.74 Å². The van der Waals surface area contributed by atoms with Crippen molar-refractivity contribution in [2.24, 2.45) is 5.16 Å². The molecule has 0 aliphatic rings. The van der Waals surface area contributed by atoms with Crippen molar-refractivity contribution in [3.63, 3.8) is 0 Å². The quantitative estimate of drug-likeness (QED) is 0.361. The molecule has 1 aromatic heterocycles. The summed E-state index contributed by atoms with van der Waals surface area (Å²) in [5.41, 5.74) is 3.57. The highest BCUT2D eigenvalue weighted by molar-refractivity contribution is 7.17. The van der Waals surface area contributed by atoms with Gasteiger partial charge in [-0.1, -0.05) is 50.2 Å². The van der Waals surface area contributed by atoms with Gasteiger partial charge in [-0.05, 0) is 49.7 Å². The van der Waals surface area contributed by atoms with Gasteiger partial charge in [-0.25, -0.2) is 0 Å². The molecule has 0 radical (unpaired) electrons. The van der Waals surface area contributed by atoms with E-state index in [1.54, 1.807) is 11.3 Å².